The lowest BCUT2D eigenvalue weighted by molar-refractivity contribution is 0.198. The lowest BCUT2D eigenvalue weighted by Gasteiger charge is -2.14. The Balaban J connectivity index is 2.50. The zero-order valence-corrected chi connectivity index (χ0v) is 11.7. The van der Waals surface area contributed by atoms with E-state index in [1.54, 1.807) is 23.9 Å². The molecule has 0 heterocycles. The standard InChI is InChI=1S/C13H18ClFOS/c1-3-9(2)17-8-11(16)7-10-5-4-6-12(14)13(10)15/h4-6,9,11,16H,3,7-8H2,1-2H3. The predicted octanol–water partition coefficient (Wildman–Crippen LogP) is 3.91. The Morgan fingerprint density at radius 2 is 2.18 bits per heavy atom. The van der Waals surface area contributed by atoms with Crippen LogP contribution in [0.2, 0.25) is 5.02 Å². The van der Waals surface area contributed by atoms with Crippen LogP contribution in [0, 0.1) is 5.82 Å². The van der Waals surface area contributed by atoms with Crippen LogP contribution in [0.25, 0.3) is 0 Å². The van der Waals surface area contributed by atoms with Crippen LogP contribution in [0.4, 0.5) is 4.39 Å². The first-order valence-electron chi connectivity index (χ1n) is 5.77. The number of hydrogen-bond donors (Lipinski definition) is 1. The molecule has 0 amide bonds. The summed E-state index contributed by atoms with van der Waals surface area (Å²) in [6, 6.07) is 4.88. The maximum atomic E-state index is 13.6. The third-order valence-electron chi connectivity index (χ3n) is 2.64. The van der Waals surface area contributed by atoms with Gasteiger partial charge in [-0.2, -0.15) is 11.8 Å². The van der Waals surface area contributed by atoms with Crippen LogP contribution in [0.3, 0.4) is 0 Å². The number of benzene rings is 1. The van der Waals surface area contributed by atoms with Crippen LogP contribution in [-0.2, 0) is 6.42 Å². The summed E-state index contributed by atoms with van der Waals surface area (Å²) in [4.78, 5) is 0. The molecule has 2 atom stereocenters. The molecular formula is C13H18ClFOS. The van der Waals surface area contributed by atoms with Gasteiger partial charge >= 0.3 is 0 Å². The Bertz CT molecular complexity index is 359. The molecule has 0 saturated heterocycles. The second kappa shape index (κ2) is 7.24. The van der Waals surface area contributed by atoms with Gasteiger partial charge in [0.15, 0.2) is 0 Å². The Morgan fingerprint density at radius 3 is 2.82 bits per heavy atom. The lowest BCUT2D eigenvalue weighted by atomic mass is 10.1. The molecule has 1 aromatic carbocycles. The highest BCUT2D eigenvalue weighted by molar-refractivity contribution is 7.99. The minimum absolute atomic E-state index is 0.115. The summed E-state index contributed by atoms with van der Waals surface area (Å²) in [5.74, 6) is 0.211. The third kappa shape index (κ3) is 4.86. The van der Waals surface area contributed by atoms with Gasteiger partial charge in [-0.25, -0.2) is 4.39 Å². The molecule has 0 aliphatic heterocycles. The number of thioether (sulfide) groups is 1. The highest BCUT2D eigenvalue weighted by Crippen LogP contribution is 2.21. The summed E-state index contributed by atoms with van der Waals surface area (Å²) in [6.45, 7) is 4.23. The monoisotopic (exact) mass is 276 g/mol. The molecule has 0 spiro atoms. The van der Waals surface area contributed by atoms with Crippen molar-refractivity contribution in [2.24, 2.45) is 0 Å². The van der Waals surface area contributed by atoms with E-state index in [0.717, 1.165) is 6.42 Å². The van der Waals surface area contributed by atoms with E-state index in [1.165, 1.54) is 6.07 Å². The third-order valence-corrected chi connectivity index (χ3v) is 4.41. The zero-order valence-electron chi connectivity index (χ0n) is 10.1. The minimum Gasteiger partial charge on any atom is -0.392 e. The zero-order chi connectivity index (χ0) is 12.8. The predicted molar refractivity (Wildman–Crippen MR) is 73.3 cm³/mol. The number of halogens is 2. The van der Waals surface area contributed by atoms with Crippen LogP contribution in [0.1, 0.15) is 25.8 Å². The van der Waals surface area contributed by atoms with E-state index in [2.05, 4.69) is 13.8 Å². The molecule has 0 aromatic heterocycles. The molecule has 1 rings (SSSR count). The molecule has 2 unspecified atom stereocenters. The van der Waals surface area contributed by atoms with Gasteiger partial charge in [0.25, 0.3) is 0 Å². The smallest absolute Gasteiger partial charge is 0.145 e. The van der Waals surface area contributed by atoms with Crippen molar-refractivity contribution < 1.29 is 9.50 Å². The average molecular weight is 277 g/mol. The van der Waals surface area contributed by atoms with Crippen molar-refractivity contribution in [3.63, 3.8) is 0 Å². The highest BCUT2D eigenvalue weighted by atomic mass is 35.5. The Morgan fingerprint density at radius 1 is 1.47 bits per heavy atom. The van der Waals surface area contributed by atoms with Crippen molar-refractivity contribution in [1.29, 1.82) is 0 Å². The van der Waals surface area contributed by atoms with Crippen molar-refractivity contribution in [3.8, 4) is 0 Å². The second-order valence-corrected chi connectivity index (χ2v) is 6.00. The summed E-state index contributed by atoms with van der Waals surface area (Å²) >= 11 is 7.39. The number of rotatable bonds is 6. The highest BCUT2D eigenvalue weighted by Gasteiger charge is 2.12. The summed E-state index contributed by atoms with van der Waals surface area (Å²) in [6.07, 6.45) is 0.862. The molecule has 0 aliphatic carbocycles. The van der Waals surface area contributed by atoms with Crippen LogP contribution in [0.5, 0.6) is 0 Å². The van der Waals surface area contributed by atoms with Crippen molar-refractivity contribution in [3.05, 3.63) is 34.6 Å². The molecule has 0 saturated carbocycles. The topological polar surface area (TPSA) is 20.2 Å². The van der Waals surface area contributed by atoms with Gasteiger partial charge < -0.3 is 5.11 Å². The molecule has 0 fully saturated rings. The van der Waals surface area contributed by atoms with Crippen LogP contribution >= 0.6 is 23.4 Å². The quantitative estimate of drug-likeness (QED) is 0.850. The Hall–Kier alpha value is -0.250. The SMILES string of the molecule is CCC(C)SCC(O)Cc1cccc(Cl)c1F. The first-order valence-corrected chi connectivity index (χ1v) is 7.19. The fourth-order valence-electron chi connectivity index (χ4n) is 1.41. The Kier molecular flexibility index (Phi) is 6.31. The molecule has 0 bridgehead atoms. The fourth-order valence-corrected chi connectivity index (χ4v) is 2.51. The molecule has 1 nitrogen and oxygen atoms in total. The number of aliphatic hydroxyl groups is 1. The molecule has 1 N–H and O–H groups in total. The van der Waals surface area contributed by atoms with Crippen molar-refractivity contribution >= 4 is 23.4 Å². The molecule has 96 valence electrons. The van der Waals surface area contributed by atoms with Gasteiger partial charge in [-0.05, 0) is 18.1 Å². The van der Waals surface area contributed by atoms with Gasteiger partial charge in [0.2, 0.25) is 0 Å². The molecule has 17 heavy (non-hydrogen) atoms. The maximum Gasteiger partial charge on any atom is 0.145 e. The summed E-state index contributed by atoms with van der Waals surface area (Å²) in [5.41, 5.74) is 0.481. The molecular weight excluding hydrogens is 259 g/mol. The van der Waals surface area contributed by atoms with E-state index < -0.39 is 11.9 Å². The van der Waals surface area contributed by atoms with Crippen molar-refractivity contribution in [2.45, 2.75) is 38.0 Å². The molecule has 4 heteroatoms. The van der Waals surface area contributed by atoms with Gasteiger partial charge in [-0.1, -0.05) is 37.6 Å². The van der Waals surface area contributed by atoms with Gasteiger partial charge in [-0.3, -0.25) is 0 Å². The van der Waals surface area contributed by atoms with Gasteiger partial charge in [0.05, 0.1) is 11.1 Å². The van der Waals surface area contributed by atoms with Gasteiger partial charge in [0.1, 0.15) is 5.82 Å². The van der Waals surface area contributed by atoms with E-state index in [4.69, 9.17) is 11.6 Å². The van der Waals surface area contributed by atoms with E-state index >= 15 is 0 Å². The second-order valence-electron chi connectivity index (χ2n) is 4.12. The van der Waals surface area contributed by atoms with Gasteiger partial charge in [-0.15, -0.1) is 0 Å². The molecule has 1 aromatic rings. The number of aliphatic hydroxyl groups excluding tert-OH is 1. The van der Waals surface area contributed by atoms with Crippen molar-refractivity contribution in [2.75, 3.05) is 5.75 Å². The van der Waals surface area contributed by atoms with Crippen LogP contribution < -0.4 is 0 Å². The summed E-state index contributed by atoms with van der Waals surface area (Å²) in [5, 5.41) is 10.5. The van der Waals surface area contributed by atoms with E-state index in [9.17, 15) is 9.50 Å². The Labute approximate surface area is 111 Å². The van der Waals surface area contributed by atoms with Crippen LogP contribution in [0.15, 0.2) is 18.2 Å². The fraction of sp³-hybridized carbons (Fsp3) is 0.538. The minimum atomic E-state index is -0.526. The van der Waals surface area contributed by atoms with Crippen molar-refractivity contribution in [1.82, 2.24) is 0 Å². The lowest BCUT2D eigenvalue weighted by Crippen LogP contribution is -2.16. The molecule has 0 radical (unpaired) electrons. The van der Waals surface area contributed by atoms with E-state index in [1.807, 2.05) is 0 Å². The first kappa shape index (κ1) is 14.8. The normalized spacial score (nSPS) is 14.6. The number of hydrogen-bond acceptors (Lipinski definition) is 2. The largest absolute Gasteiger partial charge is 0.392 e. The van der Waals surface area contributed by atoms with Gasteiger partial charge in [0, 0.05) is 17.4 Å². The average Bonchev–Trinajstić information content (AvgIpc) is 2.32. The summed E-state index contributed by atoms with van der Waals surface area (Å²) in [7, 11) is 0. The molecule has 0 aliphatic rings. The first-order chi connectivity index (χ1) is 8.04. The maximum absolute atomic E-state index is 13.6. The summed E-state index contributed by atoms with van der Waals surface area (Å²) < 4.78 is 13.6. The van der Waals surface area contributed by atoms with Crippen LogP contribution in [-0.4, -0.2) is 22.2 Å². The van der Waals surface area contributed by atoms with E-state index in [-0.39, 0.29) is 5.02 Å². The van der Waals surface area contributed by atoms with E-state index in [0.29, 0.717) is 23.0 Å².